The first-order chi connectivity index (χ1) is 6.65. The number of rotatable bonds is 4. The molecule has 0 aliphatic heterocycles. The van der Waals surface area contributed by atoms with E-state index in [2.05, 4.69) is 53.3 Å². The van der Waals surface area contributed by atoms with Gasteiger partial charge in [0.25, 0.3) is 0 Å². The van der Waals surface area contributed by atoms with Crippen LogP contribution in [-0.2, 0) is 0 Å². The molecule has 0 spiro atoms. The summed E-state index contributed by atoms with van der Waals surface area (Å²) in [6, 6.07) is 8.86. The van der Waals surface area contributed by atoms with Gasteiger partial charge in [0.2, 0.25) is 0 Å². The van der Waals surface area contributed by atoms with E-state index in [4.69, 9.17) is 0 Å². The van der Waals surface area contributed by atoms with Crippen molar-refractivity contribution in [2.45, 2.75) is 30.0 Å². The summed E-state index contributed by atoms with van der Waals surface area (Å²) in [5.74, 6) is 0. The van der Waals surface area contributed by atoms with Crippen molar-refractivity contribution in [1.29, 1.82) is 0 Å². The van der Waals surface area contributed by atoms with E-state index in [9.17, 15) is 0 Å². The molecule has 1 aromatic carbocycles. The molecule has 0 bridgehead atoms. The molecule has 0 fully saturated rings. The molecular formula is C11H16BrNS. The van der Waals surface area contributed by atoms with Crippen molar-refractivity contribution in [2.24, 2.45) is 0 Å². The average Bonchev–Trinajstić information content (AvgIpc) is 2.20. The molecule has 2 unspecified atom stereocenters. The highest BCUT2D eigenvalue weighted by atomic mass is 79.9. The molecule has 2 atom stereocenters. The molecule has 78 valence electrons. The van der Waals surface area contributed by atoms with Crippen LogP contribution in [0, 0.1) is 0 Å². The lowest BCUT2D eigenvalue weighted by Gasteiger charge is -2.19. The van der Waals surface area contributed by atoms with Crippen LogP contribution in [0.1, 0.15) is 13.8 Å². The van der Waals surface area contributed by atoms with Crippen LogP contribution in [0.5, 0.6) is 0 Å². The number of thioether (sulfide) groups is 1. The minimum absolute atomic E-state index is 0.520. The molecular weight excluding hydrogens is 258 g/mol. The topological polar surface area (TPSA) is 12.0 Å². The average molecular weight is 274 g/mol. The van der Waals surface area contributed by atoms with E-state index in [0.29, 0.717) is 11.3 Å². The molecule has 0 saturated carbocycles. The lowest BCUT2D eigenvalue weighted by atomic mass is 10.3. The zero-order chi connectivity index (χ0) is 10.6. The molecule has 1 nitrogen and oxygen atoms in total. The van der Waals surface area contributed by atoms with Gasteiger partial charge < -0.3 is 5.32 Å². The van der Waals surface area contributed by atoms with E-state index in [0.717, 1.165) is 0 Å². The SMILES string of the molecule is CNC(C)C(C)Sc1ccccc1Br. The first-order valence-electron chi connectivity index (χ1n) is 4.73. The Hall–Kier alpha value is 0.01000. The van der Waals surface area contributed by atoms with E-state index in [1.54, 1.807) is 0 Å². The third-order valence-electron chi connectivity index (χ3n) is 2.31. The molecule has 0 heterocycles. The van der Waals surface area contributed by atoms with Crippen LogP contribution in [0.3, 0.4) is 0 Å². The first-order valence-corrected chi connectivity index (χ1v) is 6.41. The summed E-state index contributed by atoms with van der Waals surface area (Å²) in [4.78, 5) is 1.31. The third-order valence-corrected chi connectivity index (χ3v) is 4.65. The number of halogens is 1. The molecule has 1 N–H and O–H groups in total. The molecule has 0 saturated heterocycles. The maximum absolute atomic E-state index is 3.55. The molecule has 1 aromatic rings. The molecule has 0 aliphatic rings. The van der Waals surface area contributed by atoms with Gasteiger partial charge in [-0.05, 0) is 42.0 Å². The largest absolute Gasteiger partial charge is 0.316 e. The second-order valence-electron chi connectivity index (χ2n) is 3.33. The van der Waals surface area contributed by atoms with E-state index in [1.165, 1.54) is 9.37 Å². The van der Waals surface area contributed by atoms with Crippen molar-refractivity contribution in [3.63, 3.8) is 0 Å². The maximum atomic E-state index is 3.55. The van der Waals surface area contributed by atoms with Gasteiger partial charge in [-0.1, -0.05) is 19.1 Å². The van der Waals surface area contributed by atoms with Crippen molar-refractivity contribution in [3.8, 4) is 0 Å². The van der Waals surface area contributed by atoms with Gasteiger partial charge >= 0.3 is 0 Å². The fourth-order valence-corrected chi connectivity index (χ4v) is 2.72. The van der Waals surface area contributed by atoms with Crippen LogP contribution in [0.15, 0.2) is 33.6 Å². The van der Waals surface area contributed by atoms with Gasteiger partial charge in [0.15, 0.2) is 0 Å². The lowest BCUT2D eigenvalue weighted by molar-refractivity contribution is 0.605. The zero-order valence-electron chi connectivity index (χ0n) is 8.75. The van der Waals surface area contributed by atoms with Crippen LogP contribution in [0.25, 0.3) is 0 Å². The van der Waals surface area contributed by atoms with Crippen molar-refractivity contribution in [2.75, 3.05) is 7.05 Å². The molecule has 0 radical (unpaired) electrons. The van der Waals surface area contributed by atoms with Gasteiger partial charge in [-0.15, -0.1) is 11.8 Å². The Bertz CT molecular complexity index is 290. The highest BCUT2D eigenvalue weighted by molar-refractivity contribution is 9.10. The van der Waals surface area contributed by atoms with Crippen LogP contribution in [-0.4, -0.2) is 18.3 Å². The highest BCUT2D eigenvalue weighted by Crippen LogP contribution is 2.31. The summed E-state index contributed by atoms with van der Waals surface area (Å²) in [6.07, 6.45) is 0. The second-order valence-corrected chi connectivity index (χ2v) is 5.60. The standard InChI is InChI=1S/C11H16BrNS/c1-8(13-3)9(2)14-11-7-5-4-6-10(11)12/h4-9,13H,1-3H3. The van der Waals surface area contributed by atoms with Gasteiger partial charge in [-0.3, -0.25) is 0 Å². The van der Waals surface area contributed by atoms with E-state index >= 15 is 0 Å². The van der Waals surface area contributed by atoms with Gasteiger partial charge in [0.05, 0.1) is 0 Å². The van der Waals surface area contributed by atoms with Gasteiger partial charge in [0.1, 0.15) is 0 Å². The predicted octanol–water partition coefficient (Wildman–Crippen LogP) is 3.54. The van der Waals surface area contributed by atoms with Gasteiger partial charge in [-0.2, -0.15) is 0 Å². The summed E-state index contributed by atoms with van der Waals surface area (Å²) in [7, 11) is 2.00. The summed E-state index contributed by atoms with van der Waals surface area (Å²) >= 11 is 5.45. The Morgan fingerprint density at radius 1 is 1.29 bits per heavy atom. The number of benzene rings is 1. The van der Waals surface area contributed by atoms with Crippen LogP contribution in [0.4, 0.5) is 0 Å². The summed E-state index contributed by atoms with van der Waals surface area (Å²) < 4.78 is 1.18. The molecule has 0 aliphatic carbocycles. The predicted molar refractivity (Wildman–Crippen MR) is 68.0 cm³/mol. The minimum Gasteiger partial charge on any atom is -0.316 e. The summed E-state index contributed by atoms with van der Waals surface area (Å²) in [6.45, 7) is 4.44. The van der Waals surface area contributed by atoms with E-state index < -0.39 is 0 Å². The first kappa shape index (κ1) is 12.1. The Balaban J connectivity index is 2.64. The summed E-state index contributed by atoms with van der Waals surface area (Å²) in [5, 5.41) is 3.84. The number of hydrogen-bond acceptors (Lipinski definition) is 2. The third kappa shape index (κ3) is 3.30. The van der Waals surface area contributed by atoms with Crippen LogP contribution in [0.2, 0.25) is 0 Å². The summed E-state index contributed by atoms with van der Waals surface area (Å²) in [5.41, 5.74) is 0. The molecule has 3 heteroatoms. The van der Waals surface area contributed by atoms with E-state index in [-0.39, 0.29) is 0 Å². The Kier molecular flexibility index (Phi) is 4.99. The molecule has 14 heavy (non-hydrogen) atoms. The van der Waals surface area contributed by atoms with Crippen molar-refractivity contribution in [3.05, 3.63) is 28.7 Å². The second kappa shape index (κ2) is 5.79. The van der Waals surface area contributed by atoms with Gasteiger partial charge in [-0.25, -0.2) is 0 Å². The quantitative estimate of drug-likeness (QED) is 0.843. The Labute approximate surface area is 98.8 Å². The van der Waals surface area contributed by atoms with Crippen molar-refractivity contribution in [1.82, 2.24) is 5.32 Å². The lowest BCUT2D eigenvalue weighted by Crippen LogP contribution is -2.30. The number of nitrogens with one attached hydrogen (secondary N) is 1. The smallest absolute Gasteiger partial charge is 0.0311 e. The van der Waals surface area contributed by atoms with E-state index in [1.807, 2.05) is 24.9 Å². The highest BCUT2D eigenvalue weighted by Gasteiger charge is 2.12. The van der Waals surface area contributed by atoms with Crippen LogP contribution >= 0.6 is 27.7 Å². The molecule has 0 amide bonds. The Morgan fingerprint density at radius 3 is 2.50 bits per heavy atom. The zero-order valence-corrected chi connectivity index (χ0v) is 11.2. The van der Waals surface area contributed by atoms with Crippen LogP contribution < -0.4 is 5.32 Å². The van der Waals surface area contributed by atoms with Crippen molar-refractivity contribution >= 4 is 27.7 Å². The normalized spacial score (nSPS) is 15.1. The number of hydrogen-bond donors (Lipinski definition) is 1. The fourth-order valence-electron chi connectivity index (χ4n) is 1.08. The molecule has 1 rings (SSSR count). The monoisotopic (exact) mass is 273 g/mol. The fraction of sp³-hybridized carbons (Fsp3) is 0.455. The molecule has 0 aromatic heterocycles. The van der Waals surface area contributed by atoms with Gasteiger partial charge in [0, 0.05) is 20.7 Å². The Morgan fingerprint density at radius 2 is 1.93 bits per heavy atom. The maximum Gasteiger partial charge on any atom is 0.0311 e. The minimum atomic E-state index is 0.520. The van der Waals surface area contributed by atoms with Crippen molar-refractivity contribution < 1.29 is 0 Å².